The third-order valence-corrected chi connectivity index (χ3v) is 8.87. The van der Waals surface area contributed by atoms with Gasteiger partial charge in [-0.25, -0.2) is 15.0 Å². The SMILES string of the molecule is Cc1nc(C(=O)N2CCc3nc(N)sc3C2)c(N)nc1N1CCC2(CC1)Cc1ccccc1C2N. The summed E-state index contributed by atoms with van der Waals surface area (Å²) < 4.78 is 0. The molecule has 1 aromatic carbocycles. The van der Waals surface area contributed by atoms with E-state index in [1.807, 2.05) is 6.92 Å². The van der Waals surface area contributed by atoms with Gasteiger partial charge in [0.2, 0.25) is 0 Å². The Balaban J connectivity index is 1.18. The van der Waals surface area contributed by atoms with Gasteiger partial charge in [0.1, 0.15) is 0 Å². The van der Waals surface area contributed by atoms with E-state index in [-0.39, 0.29) is 28.9 Å². The molecule has 182 valence electrons. The van der Waals surface area contributed by atoms with Gasteiger partial charge in [-0.3, -0.25) is 4.79 Å². The molecule has 1 amide bonds. The van der Waals surface area contributed by atoms with Crippen molar-refractivity contribution >= 4 is 34.0 Å². The minimum absolute atomic E-state index is 0.0667. The van der Waals surface area contributed by atoms with Crippen molar-refractivity contribution in [2.75, 3.05) is 36.0 Å². The second-order valence-corrected chi connectivity index (χ2v) is 11.1. The summed E-state index contributed by atoms with van der Waals surface area (Å²) >= 11 is 1.43. The Hall–Kier alpha value is -3.24. The monoisotopic (exact) mass is 490 g/mol. The number of benzene rings is 1. The lowest BCUT2D eigenvalue weighted by molar-refractivity contribution is 0.0731. The number of piperidine rings is 1. The van der Waals surface area contributed by atoms with E-state index in [0.29, 0.717) is 24.6 Å². The van der Waals surface area contributed by atoms with Gasteiger partial charge in [-0.1, -0.05) is 24.3 Å². The van der Waals surface area contributed by atoms with Crippen molar-refractivity contribution < 1.29 is 4.79 Å². The number of aromatic nitrogens is 3. The van der Waals surface area contributed by atoms with E-state index in [4.69, 9.17) is 17.2 Å². The maximum atomic E-state index is 13.3. The molecule has 4 heterocycles. The molecule has 1 atom stereocenters. The average Bonchev–Trinajstić information content (AvgIpc) is 3.36. The summed E-state index contributed by atoms with van der Waals surface area (Å²) in [5.41, 5.74) is 23.5. The highest BCUT2D eigenvalue weighted by Crippen LogP contribution is 2.51. The Morgan fingerprint density at radius 3 is 2.66 bits per heavy atom. The maximum absolute atomic E-state index is 13.3. The fourth-order valence-electron chi connectivity index (χ4n) is 5.99. The van der Waals surface area contributed by atoms with Gasteiger partial charge in [-0.05, 0) is 42.7 Å². The van der Waals surface area contributed by atoms with Gasteiger partial charge in [-0.15, -0.1) is 11.3 Å². The maximum Gasteiger partial charge on any atom is 0.276 e. The summed E-state index contributed by atoms with van der Waals surface area (Å²) in [6.45, 7) is 4.62. The van der Waals surface area contributed by atoms with Crippen LogP contribution in [0.2, 0.25) is 0 Å². The third kappa shape index (κ3) is 3.63. The molecule has 6 N–H and O–H groups in total. The van der Waals surface area contributed by atoms with Crippen LogP contribution in [0.15, 0.2) is 24.3 Å². The molecule has 0 radical (unpaired) electrons. The Bertz CT molecular complexity index is 1310. The van der Waals surface area contributed by atoms with Gasteiger partial charge >= 0.3 is 0 Å². The van der Waals surface area contributed by atoms with Crippen molar-refractivity contribution in [2.45, 2.75) is 45.2 Å². The first kappa shape index (κ1) is 22.2. The van der Waals surface area contributed by atoms with Crippen LogP contribution in [-0.4, -0.2) is 45.4 Å². The number of fused-ring (bicyclic) bond motifs is 2. The molecule has 2 aromatic heterocycles. The van der Waals surface area contributed by atoms with Crippen LogP contribution in [0.4, 0.5) is 16.8 Å². The Morgan fingerprint density at radius 2 is 1.89 bits per heavy atom. The fraction of sp³-hybridized carbons (Fsp3) is 0.440. The number of amides is 1. The van der Waals surface area contributed by atoms with Crippen molar-refractivity contribution in [3.05, 3.63) is 57.4 Å². The number of anilines is 3. The average molecular weight is 491 g/mol. The first-order chi connectivity index (χ1) is 16.8. The molecule has 35 heavy (non-hydrogen) atoms. The van der Waals surface area contributed by atoms with Crippen LogP contribution in [-0.2, 0) is 19.4 Å². The van der Waals surface area contributed by atoms with Crippen molar-refractivity contribution in [1.82, 2.24) is 19.9 Å². The number of hydrogen-bond acceptors (Lipinski definition) is 9. The van der Waals surface area contributed by atoms with E-state index in [9.17, 15) is 4.79 Å². The quantitative estimate of drug-likeness (QED) is 0.498. The van der Waals surface area contributed by atoms with Crippen molar-refractivity contribution in [1.29, 1.82) is 0 Å². The number of aryl methyl sites for hydroxylation is 1. The van der Waals surface area contributed by atoms with Crippen LogP contribution in [0, 0.1) is 12.3 Å². The van der Waals surface area contributed by atoms with Crippen molar-refractivity contribution in [3.63, 3.8) is 0 Å². The molecule has 1 aliphatic carbocycles. The summed E-state index contributed by atoms with van der Waals surface area (Å²) in [4.78, 5) is 31.9. The summed E-state index contributed by atoms with van der Waals surface area (Å²) in [5.74, 6) is 0.735. The number of thiazole rings is 1. The zero-order valence-electron chi connectivity index (χ0n) is 19.8. The van der Waals surface area contributed by atoms with Crippen LogP contribution in [0.25, 0.3) is 0 Å². The molecule has 0 bridgehead atoms. The molecule has 3 aliphatic rings. The largest absolute Gasteiger partial charge is 0.382 e. The molecule has 0 saturated carbocycles. The number of nitrogen functional groups attached to an aromatic ring is 2. The zero-order chi connectivity index (χ0) is 24.3. The molecule has 9 nitrogen and oxygen atoms in total. The standard InChI is InChI=1S/C25H30N8OS/c1-14-22(32-10-7-25(8-11-32)12-15-4-2-3-5-16(15)20(25)26)31-21(27)19(29-14)23(34)33-9-6-17-18(13-33)35-24(28)30-17/h2-5,20H,6-13,26H2,1H3,(H2,27,31)(H2,28,30). The molecule has 10 heteroatoms. The second kappa shape index (κ2) is 8.17. The summed E-state index contributed by atoms with van der Waals surface area (Å²) in [7, 11) is 0. The van der Waals surface area contributed by atoms with Gasteiger partial charge in [0.05, 0.1) is 17.9 Å². The third-order valence-electron chi connectivity index (χ3n) is 7.96. The molecule has 1 unspecified atom stereocenters. The van der Waals surface area contributed by atoms with E-state index in [0.717, 1.165) is 54.4 Å². The van der Waals surface area contributed by atoms with Crippen molar-refractivity contribution in [2.24, 2.45) is 11.1 Å². The highest BCUT2D eigenvalue weighted by molar-refractivity contribution is 7.15. The molecule has 2 aliphatic heterocycles. The highest BCUT2D eigenvalue weighted by atomic mass is 32.1. The summed E-state index contributed by atoms with van der Waals surface area (Å²) in [6, 6.07) is 8.61. The van der Waals surface area contributed by atoms with Crippen molar-refractivity contribution in [3.8, 4) is 0 Å². The molecule has 6 rings (SSSR count). The number of rotatable bonds is 2. The van der Waals surface area contributed by atoms with E-state index < -0.39 is 0 Å². The van der Waals surface area contributed by atoms with Crippen LogP contribution in [0.3, 0.4) is 0 Å². The zero-order valence-corrected chi connectivity index (χ0v) is 20.6. The minimum Gasteiger partial charge on any atom is -0.382 e. The van der Waals surface area contributed by atoms with Gasteiger partial charge in [0.15, 0.2) is 22.5 Å². The van der Waals surface area contributed by atoms with E-state index in [1.54, 1.807) is 4.90 Å². The smallest absolute Gasteiger partial charge is 0.276 e. The molecular formula is C25H30N8OS. The van der Waals surface area contributed by atoms with Crippen LogP contribution in [0.5, 0.6) is 0 Å². The predicted molar refractivity (Wildman–Crippen MR) is 137 cm³/mol. The number of hydrogen-bond donors (Lipinski definition) is 3. The molecule has 1 spiro atoms. The first-order valence-electron chi connectivity index (χ1n) is 12.1. The van der Waals surface area contributed by atoms with E-state index in [2.05, 4.69) is 44.1 Å². The molecular weight excluding hydrogens is 460 g/mol. The topological polar surface area (TPSA) is 140 Å². The summed E-state index contributed by atoms with van der Waals surface area (Å²) in [5, 5.41) is 0.537. The molecule has 1 fully saturated rings. The fourth-order valence-corrected chi connectivity index (χ4v) is 6.88. The first-order valence-corrected chi connectivity index (χ1v) is 12.9. The van der Waals surface area contributed by atoms with Gasteiger partial charge in [0, 0.05) is 37.0 Å². The van der Waals surface area contributed by atoms with E-state index >= 15 is 0 Å². The van der Waals surface area contributed by atoms with Crippen LogP contribution >= 0.6 is 11.3 Å². The Labute approximate surface area is 208 Å². The number of nitrogens with two attached hydrogens (primary N) is 3. The molecule has 3 aromatic rings. The number of carbonyl (C=O) groups is 1. The normalized spacial score (nSPS) is 20.7. The second-order valence-electron chi connectivity index (χ2n) is 9.97. The summed E-state index contributed by atoms with van der Waals surface area (Å²) in [6.07, 6.45) is 3.68. The minimum atomic E-state index is -0.199. The Kier molecular flexibility index (Phi) is 5.19. The number of nitrogens with zero attached hydrogens (tertiary/aromatic N) is 5. The number of carbonyl (C=O) groups excluding carboxylic acids is 1. The lowest BCUT2D eigenvalue weighted by atomic mass is 9.73. The molecule has 1 saturated heterocycles. The van der Waals surface area contributed by atoms with Crippen LogP contribution < -0.4 is 22.1 Å². The van der Waals surface area contributed by atoms with Gasteiger partial charge < -0.3 is 27.0 Å². The lowest BCUT2D eigenvalue weighted by Gasteiger charge is -2.43. The highest BCUT2D eigenvalue weighted by Gasteiger charge is 2.46. The Morgan fingerprint density at radius 1 is 1.11 bits per heavy atom. The predicted octanol–water partition coefficient (Wildman–Crippen LogP) is 2.45. The lowest BCUT2D eigenvalue weighted by Crippen LogP contribution is -2.45. The van der Waals surface area contributed by atoms with E-state index in [1.165, 1.54) is 22.5 Å². The van der Waals surface area contributed by atoms with Gasteiger partial charge in [-0.2, -0.15) is 0 Å². The van der Waals surface area contributed by atoms with Gasteiger partial charge in [0.25, 0.3) is 5.91 Å². The van der Waals surface area contributed by atoms with Crippen LogP contribution in [0.1, 0.15) is 56.8 Å².